The van der Waals surface area contributed by atoms with Crippen molar-refractivity contribution in [3.63, 3.8) is 0 Å². The van der Waals surface area contributed by atoms with E-state index in [1.165, 1.54) is 0 Å². The maximum absolute atomic E-state index is 10.6. The second-order valence-electron chi connectivity index (χ2n) is 4.00. The molecule has 0 bridgehead atoms. The highest BCUT2D eigenvalue weighted by molar-refractivity contribution is 5.45. The van der Waals surface area contributed by atoms with Gasteiger partial charge in [0.15, 0.2) is 0 Å². The predicted molar refractivity (Wildman–Crippen MR) is 62.4 cm³/mol. The summed E-state index contributed by atoms with van der Waals surface area (Å²) in [5.74, 6) is 0. The van der Waals surface area contributed by atoms with E-state index in [1.54, 1.807) is 12.1 Å². The number of hydrogen-bond donors (Lipinski definition) is 3. The fourth-order valence-electron chi connectivity index (χ4n) is 1.90. The Balaban J connectivity index is 1.93. The van der Waals surface area contributed by atoms with Crippen molar-refractivity contribution < 1.29 is 5.21 Å². The summed E-state index contributed by atoms with van der Waals surface area (Å²) >= 11 is 0. The summed E-state index contributed by atoms with van der Waals surface area (Å²) in [6.45, 7) is 2.98. The van der Waals surface area contributed by atoms with Gasteiger partial charge in [0.25, 0.3) is 0 Å². The minimum absolute atomic E-state index is 0.121. The number of hydrogen-bond acceptors (Lipinski definition) is 5. The molecule has 0 amide bonds. The smallest absolute Gasteiger partial charge is 0.0508 e. The summed E-state index contributed by atoms with van der Waals surface area (Å²) in [5.41, 5.74) is 1.42. The van der Waals surface area contributed by atoms with E-state index in [4.69, 9.17) is 5.21 Å². The van der Waals surface area contributed by atoms with Gasteiger partial charge in [0.2, 0.25) is 0 Å². The molecule has 1 heterocycles. The summed E-state index contributed by atoms with van der Waals surface area (Å²) in [4.78, 5) is 0. The average molecular weight is 222 g/mol. The third-order valence-electron chi connectivity index (χ3n) is 2.76. The highest BCUT2D eigenvalue weighted by Crippen LogP contribution is 2.13. The average Bonchev–Trinajstić information content (AvgIpc) is 2.31. The van der Waals surface area contributed by atoms with Crippen LogP contribution >= 0.6 is 0 Å². The van der Waals surface area contributed by atoms with Gasteiger partial charge in [-0.2, -0.15) is 0 Å². The number of nitrogens with one attached hydrogen (secondary N) is 2. The van der Waals surface area contributed by atoms with Gasteiger partial charge in [-0.1, -0.05) is 12.1 Å². The number of rotatable bonds is 3. The zero-order chi connectivity index (χ0) is 11.4. The molecule has 5 nitrogen and oxygen atoms in total. The fraction of sp³-hybridized carbons (Fsp3) is 0.455. The van der Waals surface area contributed by atoms with Crippen LogP contribution in [0.3, 0.4) is 0 Å². The van der Waals surface area contributed by atoms with Gasteiger partial charge in [-0.25, -0.2) is 0 Å². The van der Waals surface area contributed by atoms with Gasteiger partial charge in [0, 0.05) is 25.7 Å². The van der Waals surface area contributed by atoms with E-state index in [2.05, 4.69) is 10.6 Å². The first-order chi connectivity index (χ1) is 7.75. The summed E-state index contributed by atoms with van der Waals surface area (Å²) in [7, 11) is 0. The molecule has 5 heteroatoms. The minimum atomic E-state index is -0.121. The van der Waals surface area contributed by atoms with Crippen LogP contribution < -0.4 is 15.9 Å². The van der Waals surface area contributed by atoms with Gasteiger partial charge < -0.3 is 21.1 Å². The Hall–Kier alpha value is -1.14. The Morgan fingerprint density at radius 2 is 2.06 bits per heavy atom. The van der Waals surface area contributed by atoms with Crippen molar-refractivity contribution in [2.45, 2.75) is 12.5 Å². The van der Waals surface area contributed by atoms with Gasteiger partial charge in [-0.3, -0.25) is 5.21 Å². The topological polar surface area (TPSA) is 70.6 Å². The number of nitrogens with zero attached hydrogens (tertiary/aromatic N) is 1. The Morgan fingerprint density at radius 1 is 1.31 bits per heavy atom. The number of anilines is 1. The highest BCUT2D eigenvalue weighted by Gasteiger charge is 2.12. The molecule has 0 aromatic heterocycles. The quantitative estimate of drug-likeness (QED) is 0.649. The van der Waals surface area contributed by atoms with E-state index < -0.39 is 0 Å². The van der Waals surface area contributed by atoms with Gasteiger partial charge in [-0.15, -0.1) is 0 Å². The van der Waals surface area contributed by atoms with Crippen molar-refractivity contribution in [1.29, 1.82) is 0 Å². The molecule has 1 aromatic rings. The Labute approximate surface area is 94.6 Å². The first kappa shape index (κ1) is 11.3. The molecule has 1 aromatic carbocycles. The molecule has 16 heavy (non-hydrogen) atoms. The van der Waals surface area contributed by atoms with E-state index in [0.29, 0.717) is 6.04 Å². The fourth-order valence-corrected chi connectivity index (χ4v) is 1.90. The number of benzene rings is 1. The van der Waals surface area contributed by atoms with Crippen LogP contribution in [0.4, 0.5) is 5.69 Å². The molecule has 0 saturated carbocycles. The Bertz CT molecular complexity index is 321. The molecule has 2 rings (SSSR count). The van der Waals surface area contributed by atoms with E-state index in [-0.39, 0.29) is 10.9 Å². The van der Waals surface area contributed by atoms with Crippen LogP contribution in [0.2, 0.25) is 0 Å². The maximum atomic E-state index is 10.6. The lowest BCUT2D eigenvalue weighted by Gasteiger charge is -2.25. The van der Waals surface area contributed by atoms with Crippen LogP contribution in [0.5, 0.6) is 0 Å². The standard InChI is InChI=1S/C11H16N3O2/c15-14(16)11-3-1-9(2-4-11)7-10-8-12-5-6-13-10/h1-4,10,12-13,15H,5-8H2/q-1. The molecular formula is C11H16N3O2-. The van der Waals surface area contributed by atoms with Gasteiger partial charge in [0.1, 0.15) is 0 Å². The monoisotopic (exact) mass is 222 g/mol. The molecule has 0 spiro atoms. The summed E-state index contributed by atoms with van der Waals surface area (Å²) in [6, 6.07) is 7.42. The molecular weight excluding hydrogens is 206 g/mol. The SMILES string of the molecule is [O-]N(O)c1ccc(CC2CNCCN2)cc1. The molecule has 0 aliphatic carbocycles. The number of piperazine rings is 1. The normalized spacial score (nSPS) is 20.8. The van der Waals surface area contributed by atoms with Gasteiger partial charge in [-0.05, 0) is 24.1 Å². The van der Waals surface area contributed by atoms with Crippen molar-refractivity contribution in [2.75, 3.05) is 24.9 Å². The van der Waals surface area contributed by atoms with Crippen LogP contribution in [0.15, 0.2) is 24.3 Å². The minimum Gasteiger partial charge on any atom is -0.733 e. The van der Waals surface area contributed by atoms with Crippen LogP contribution in [0.25, 0.3) is 0 Å². The lowest BCUT2D eigenvalue weighted by atomic mass is 10.0. The summed E-state index contributed by atoms with van der Waals surface area (Å²) in [6.07, 6.45) is 0.928. The van der Waals surface area contributed by atoms with Crippen LogP contribution in [-0.4, -0.2) is 30.9 Å². The second-order valence-corrected chi connectivity index (χ2v) is 4.00. The predicted octanol–water partition coefficient (Wildman–Crippen LogP) is 0.484. The molecule has 1 saturated heterocycles. The van der Waals surface area contributed by atoms with E-state index >= 15 is 0 Å². The highest BCUT2D eigenvalue weighted by atomic mass is 16.8. The van der Waals surface area contributed by atoms with E-state index in [9.17, 15) is 5.21 Å². The van der Waals surface area contributed by atoms with Gasteiger partial charge in [0.05, 0.1) is 5.69 Å². The largest absolute Gasteiger partial charge is 0.733 e. The van der Waals surface area contributed by atoms with Crippen molar-refractivity contribution in [1.82, 2.24) is 10.6 Å². The van der Waals surface area contributed by atoms with Crippen molar-refractivity contribution >= 4 is 5.69 Å². The van der Waals surface area contributed by atoms with Crippen LogP contribution in [-0.2, 0) is 6.42 Å². The van der Waals surface area contributed by atoms with E-state index in [1.807, 2.05) is 12.1 Å². The molecule has 88 valence electrons. The second kappa shape index (κ2) is 5.27. The van der Waals surface area contributed by atoms with Crippen molar-refractivity contribution in [3.8, 4) is 0 Å². The Kier molecular flexibility index (Phi) is 3.74. The maximum Gasteiger partial charge on any atom is 0.0508 e. The first-order valence-electron chi connectivity index (χ1n) is 5.45. The van der Waals surface area contributed by atoms with E-state index in [0.717, 1.165) is 31.6 Å². The Morgan fingerprint density at radius 3 is 2.62 bits per heavy atom. The van der Waals surface area contributed by atoms with Crippen LogP contribution in [0.1, 0.15) is 5.56 Å². The van der Waals surface area contributed by atoms with Gasteiger partial charge >= 0.3 is 0 Å². The van der Waals surface area contributed by atoms with Crippen LogP contribution in [0, 0.1) is 5.21 Å². The zero-order valence-corrected chi connectivity index (χ0v) is 9.02. The molecule has 1 unspecified atom stereocenters. The van der Waals surface area contributed by atoms with Crippen molar-refractivity contribution in [3.05, 3.63) is 35.0 Å². The molecule has 1 atom stereocenters. The third kappa shape index (κ3) is 2.93. The molecule has 1 aliphatic rings. The molecule has 0 radical (unpaired) electrons. The first-order valence-corrected chi connectivity index (χ1v) is 5.45. The lowest BCUT2D eigenvalue weighted by molar-refractivity contribution is 0.296. The van der Waals surface area contributed by atoms with Crippen molar-refractivity contribution in [2.24, 2.45) is 0 Å². The molecule has 1 aliphatic heterocycles. The third-order valence-corrected chi connectivity index (χ3v) is 2.76. The summed E-state index contributed by atoms with van der Waals surface area (Å²) < 4.78 is 0. The summed E-state index contributed by atoms with van der Waals surface area (Å²) in [5, 5.41) is 25.9. The molecule has 1 fully saturated rings. The molecule has 3 N–H and O–H groups in total. The zero-order valence-electron chi connectivity index (χ0n) is 9.02. The lowest BCUT2D eigenvalue weighted by Crippen LogP contribution is -2.49.